The average Bonchev–Trinajstić information content (AvgIpc) is 2.90. The zero-order valence-corrected chi connectivity index (χ0v) is 21.5. The topological polar surface area (TPSA) is 83.0 Å². The minimum absolute atomic E-state index is 0.180. The molecule has 37 heavy (non-hydrogen) atoms. The number of rotatable bonds is 6. The number of aliphatic hydroxyl groups excluding tert-OH is 1. The quantitative estimate of drug-likeness (QED) is 0.543. The molecule has 7 nitrogen and oxygen atoms in total. The molecule has 3 atom stereocenters. The van der Waals surface area contributed by atoms with Gasteiger partial charge in [-0.05, 0) is 43.7 Å². The van der Waals surface area contributed by atoms with E-state index < -0.39 is 18.0 Å². The van der Waals surface area contributed by atoms with Gasteiger partial charge < -0.3 is 19.6 Å². The van der Waals surface area contributed by atoms with Crippen LogP contribution in [0.25, 0.3) is 11.1 Å². The summed E-state index contributed by atoms with van der Waals surface area (Å²) < 4.78 is 20.0. The molecule has 8 heteroatoms. The second kappa shape index (κ2) is 11.1. The highest BCUT2D eigenvalue weighted by molar-refractivity contribution is 5.98. The molecule has 0 radical (unpaired) electrons. The molecule has 1 N–H and O–H groups in total. The number of carbonyl (C=O) groups excluding carboxylic acids is 2. The molecule has 3 aromatic rings. The molecule has 1 aromatic heterocycles. The van der Waals surface area contributed by atoms with Gasteiger partial charge in [0, 0.05) is 36.8 Å². The fourth-order valence-electron chi connectivity index (χ4n) is 4.42. The largest absolute Gasteiger partial charge is 0.472 e. The number of ether oxygens (including phenoxy) is 1. The molecular formula is C29H32FN3O4. The maximum absolute atomic E-state index is 13.7. The number of pyridine rings is 1. The van der Waals surface area contributed by atoms with E-state index in [1.807, 2.05) is 38.1 Å². The summed E-state index contributed by atoms with van der Waals surface area (Å²) in [5.41, 5.74) is 3.36. The van der Waals surface area contributed by atoms with Crippen molar-refractivity contribution in [3.8, 4) is 17.0 Å². The lowest BCUT2D eigenvalue weighted by molar-refractivity contribution is 0.0313. The van der Waals surface area contributed by atoms with Gasteiger partial charge in [-0.2, -0.15) is 0 Å². The number of aliphatic hydroxyl groups is 1. The predicted octanol–water partition coefficient (Wildman–Crippen LogP) is 4.19. The van der Waals surface area contributed by atoms with Crippen LogP contribution in [-0.4, -0.2) is 70.6 Å². The van der Waals surface area contributed by atoms with Crippen LogP contribution in [0.5, 0.6) is 5.88 Å². The van der Waals surface area contributed by atoms with Crippen molar-refractivity contribution in [2.45, 2.75) is 32.9 Å². The summed E-state index contributed by atoms with van der Waals surface area (Å²) in [5, 5.41) is 9.87. The van der Waals surface area contributed by atoms with E-state index in [1.165, 1.54) is 23.1 Å². The van der Waals surface area contributed by atoms with E-state index in [4.69, 9.17) is 4.74 Å². The molecule has 0 saturated heterocycles. The summed E-state index contributed by atoms with van der Waals surface area (Å²) in [6.45, 7) is 6.06. The molecule has 2 heterocycles. The summed E-state index contributed by atoms with van der Waals surface area (Å²) >= 11 is 0. The minimum atomic E-state index is -0.500. The zero-order valence-electron chi connectivity index (χ0n) is 21.5. The van der Waals surface area contributed by atoms with Crippen molar-refractivity contribution in [1.29, 1.82) is 0 Å². The molecule has 0 bridgehead atoms. The normalized spacial score (nSPS) is 18.3. The van der Waals surface area contributed by atoms with Crippen molar-refractivity contribution < 1.29 is 23.8 Å². The zero-order chi connectivity index (χ0) is 26.7. The number of nitrogens with zero attached hydrogens (tertiary/aromatic N) is 3. The van der Waals surface area contributed by atoms with Crippen LogP contribution < -0.4 is 4.74 Å². The third kappa shape index (κ3) is 5.80. The molecule has 2 aromatic carbocycles. The highest BCUT2D eigenvalue weighted by Crippen LogP contribution is 2.30. The first-order valence-electron chi connectivity index (χ1n) is 12.3. The van der Waals surface area contributed by atoms with Crippen molar-refractivity contribution in [3.05, 3.63) is 83.3 Å². The van der Waals surface area contributed by atoms with Crippen molar-refractivity contribution in [3.63, 3.8) is 0 Å². The van der Waals surface area contributed by atoms with E-state index in [0.29, 0.717) is 12.1 Å². The average molecular weight is 506 g/mol. The van der Waals surface area contributed by atoms with Crippen LogP contribution in [-0.2, 0) is 0 Å². The molecule has 1 aliphatic rings. The van der Waals surface area contributed by atoms with Crippen LogP contribution in [0.1, 0.15) is 40.1 Å². The van der Waals surface area contributed by atoms with Crippen molar-refractivity contribution in [2.75, 3.05) is 26.7 Å². The number of aromatic nitrogens is 1. The first-order chi connectivity index (χ1) is 17.7. The fourth-order valence-corrected chi connectivity index (χ4v) is 4.42. The van der Waals surface area contributed by atoms with Gasteiger partial charge in [-0.1, -0.05) is 42.8 Å². The van der Waals surface area contributed by atoms with Crippen LogP contribution in [0.2, 0.25) is 0 Å². The first kappa shape index (κ1) is 26.3. The number of benzene rings is 2. The van der Waals surface area contributed by atoms with Crippen LogP contribution in [0.3, 0.4) is 0 Å². The number of amides is 2. The first-order valence-corrected chi connectivity index (χ1v) is 12.3. The number of likely N-dealkylation sites (N-methyl/N-ethyl adjacent to an activating group) is 1. The minimum Gasteiger partial charge on any atom is -0.472 e. The number of halogens is 1. The molecular weight excluding hydrogens is 473 g/mol. The second-order valence-corrected chi connectivity index (χ2v) is 9.76. The monoisotopic (exact) mass is 505 g/mol. The predicted molar refractivity (Wildman–Crippen MR) is 139 cm³/mol. The maximum atomic E-state index is 13.7. The van der Waals surface area contributed by atoms with Gasteiger partial charge in [0.2, 0.25) is 5.88 Å². The molecule has 2 amide bonds. The van der Waals surface area contributed by atoms with Crippen LogP contribution >= 0.6 is 0 Å². The Morgan fingerprint density at radius 3 is 2.62 bits per heavy atom. The number of fused-ring (bicyclic) bond motifs is 1. The molecule has 0 unspecified atom stereocenters. The van der Waals surface area contributed by atoms with E-state index in [2.05, 4.69) is 4.98 Å². The van der Waals surface area contributed by atoms with E-state index >= 15 is 0 Å². The van der Waals surface area contributed by atoms with Crippen LogP contribution in [0, 0.1) is 18.7 Å². The van der Waals surface area contributed by atoms with Gasteiger partial charge in [0.05, 0.1) is 19.2 Å². The summed E-state index contributed by atoms with van der Waals surface area (Å²) in [4.78, 5) is 34.2. The molecule has 1 aliphatic heterocycles. The Kier molecular flexibility index (Phi) is 7.88. The maximum Gasteiger partial charge on any atom is 0.259 e. The smallest absolute Gasteiger partial charge is 0.259 e. The summed E-state index contributed by atoms with van der Waals surface area (Å²) in [6, 6.07) is 14.8. The highest BCUT2D eigenvalue weighted by Gasteiger charge is 2.35. The van der Waals surface area contributed by atoms with Gasteiger partial charge in [-0.3, -0.25) is 9.59 Å². The van der Waals surface area contributed by atoms with Crippen molar-refractivity contribution >= 4 is 11.8 Å². The SMILES string of the molecule is Cc1ccc(-c2cnc3c(c2)C(=O)N([C@H](C)CO)C[C@@H](C)[C@@H](CN(C)C(=O)c2cccc(F)c2)O3)cc1. The third-order valence-corrected chi connectivity index (χ3v) is 6.78. The Morgan fingerprint density at radius 2 is 1.95 bits per heavy atom. The summed E-state index contributed by atoms with van der Waals surface area (Å²) in [5.74, 6) is -1.10. The number of hydrogen-bond donors (Lipinski definition) is 1. The Morgan fingerprint density at radius 1 is 1.22 bits per heavy atom. The van der Waals surface area contributed by atoms with E-state index in [-0.39, 0.29) is 42.3 Å². The Balaban J connectivity index is 1.68. The van der Waals surface area contributed by atoms with E-state index in [9.17, 15) is 19.1 Å². The molecule has 0 aliphatic carbocycles. The summed E-state index contributed by atoms with van der Waals surface area (Å²) in [7, 11) is 1.64. The molecule has 4 rings (SSSR count). The number of aryl methyl sites for hydroxylation is 1. The summed E-state index contributed by atoms with van der Waals surface area (Å²) in [6.07, 6.45) is 1.17. The Bertz CT molecular complexity index is 1280. The van der Waals surface area contributed by atoms with Crippen molar-refractivity contribution in [2.24, 2.45) is 5.92 Å². The van der Waals surface area contributed by atoms with E-state index in [0.717, 1.165) is 16.7 Å². The molecule has 0 saturated carbocycles. The fraction of sp³-hybridized carbons (Fsp3) is 0.345. The van der Waals surface area contributed by atoms with Gasteiger partial charge in [-0.25, -0.2) is 9.37 Å². The van der Waals surface area contributed by atoms with E-state index in [1.54, 1.807) is 37.2 Å². The van der Waals surface area contributed by atoms with Gasteiger partial charge in [-0.15, -0.1) is 0 Å². The van der Waals surface area contributed by atoms with Crippen molar-refractivity contribution in [1.82, 2.24) is 14.8 Å². The Labute approximate surface area is 216 Å². The Hall–Kier alpha value is -3.78. The molecule has 194 valence electrons. The van der Waals surface area contributed by atoms with Crippen LogP contribution in [0.15, 0.2) is 60.8 Å². The van der Waals surface area contributed by atoms with Gasteiger partial charge >= 0.3 is 0 Å². The molecule has 0 fully saturated rings. The van der Waals surface area contributed by atoms with Gasteiger partial charge in [0.1, 0.15) is 17.5 Å². The standard InChI is InChI=1S/C29H32FN3O4/c1-18-8-10-21(11-9-18)23-13-25-27(31-14-23)37-26(19(2)15-33(29(25)36)20(3)17-34)16-32(4)28(35)22-6-5-7-24(30)12-22/h5-14,19-20,26,34H,15-17H2,1-4H3/t19-,20-,26-/m1/s1. The lowest BCUT2D eigenvalue weighted by Gasteiger charge is -2.37. The lowest BCUT2D eigenvalue weighted by Crippen LogP contribution is -2.50. The van der Waals surface area contributed by atoms with Gasteiger partial charge in [0.15, 0.2) is 0 Å². The molecule has 0 spiro atoms. The number of hydrogen-bond acceptors (Lipinski definition) is 5. The van der Waals surface area contributed by atoms with Gasteiger partial charge in [0.25, 0.3) is 11.8 Å². The highest BCUT2D eigenvalue weighted by atomic mass is 19.1. The van der Waals surface area contributed by atoms with Crippen LogP contribution in [0.4, 0.5) is 4.39 Å². The lowest BCUT2D eigenvalue weighted by atomic mass is 9.98. The third-order valence-electron chi connectivity index (χ3n) is 6.78. The second-order valence-electron chi connectivity index (χ2n) is 9.76. The number of carbonyl (C=O) groups is 2.